The molecule has 2 atom stereocenters. The van der Waals surface area contributed by atoms with E-state index in [-0.39, 0.29) is 86.3 Å². The molecule has 4 fully saturated rings. The fourth-order valence-electron chi connectivity index (χ4n) is 9.08. The maximum Gasteiger partial charge on any atom is 0.412 e. The Labute approximate surface area is 356 Å². The Kier molecular flexibility index (Phi) is 10.3. The lowest BCUT2D eigenvalue weighted by Gasteiger charge is -2.42. The molecule has 0 spiro atoms. The smallest absolute Gasteiger partial charge is 0.412 e. The Balaban J connectivity index is 1.16. The van der Waals surface area contributed by atoms with Gasteiger partial charge in [-0.15, -0.1) is 11.3 Å². The first kappa shape index (κ1) is 41.4. The van der Waals surface area contributed by atoms with E-state index < -0.39 is 28.9 Å². The van der Waals surface area contributed by atoms with Crippen LogP contribution in [0.2, 0.25) is 0 Å². The molecular weight excluding hydrogens is 811 g/mol. The molecule has 4 aromatic rings. The number of ether oxygens (including phenoxy) is 5. The Morgan fingerprint density at radius 1 is 1.00 bits per heavy atom. The lowest BCUT2D eigenvalue weighted by Crippen LogP contribution is -2.56. The van der Waals surface area contributed by atoms with Crippen LogP contribution in [0.1, 0.15) is 83.9 Å². The normalized spacial score (nSPS) is 21.0. The highest BCUT2D eigenvalue weighted by molar-refractivity contribution is 7.23. The molecule has 2 amide bonds. The van der Waals surface area contributed by atoms with E-state index in [1.54, 1.807) is 32.8 Å². The summed E-state index contributed by atoms with van der Waals surface area (Å²) in [6.07, 6.45) is 3.50. The number of carbonyl (C=O) groups excluding carboxylic acids is 2. The van der Waals surface area contributed by atoms with Crippen molar-refractivity contribution in [2.45, 2.75) is 110 Å². The number of benzene rings is 1. The molecule has 18 heteroatoms. The van der Waals surface area contributed by atoms with E-state index >= 15 is 8.78 Å². The molecule has 0 radical (unpaired) electrons. The zero-order valence-corrected chi connectivity index (χ0v) is 36.3. The molecule has 1 saturated carbocycles. The third-order valence-corrected chi connectivity index (χ3v) is 13.2. The van der Waals surface area contributed by atoms with Crippen LogP contribution >= 0.6 is 11.3 Å². The van der Waals surface area contributed by atoms with Crippen molar-refractivity contribution in [3.63, 3.8) is 0 Å². The number of amides is 2. The van der Waals surface area contributed by atoms with Crippen LogP contribution in [0.5, 0.6) is 6.01 Å². The highest BCUT2D eigenvalue weighted by atomic mass is 32.1. The minimum Gasteiger partial charge on any atom is -0.463 e. The number of aromatic nitrogens is 3. The lowest BCUT2D eigenvalue weighted by atomic mass is 9.93. The summed E-state index contributed by atoms with van der Waals surface area (Å²) in [5.74, 6) is -0.997. The minimum atomic E-state index is -0.837. The van der Waals surface area contributed by atoms with Crippen LogP contribution in [0.3, 0.4) is 0 Å². The van der Waals surface area contributed by atoms with Gasteiger partial charge < -0.3 is 33.5 Å². The first-order valence-electron chi connectivity index (χ1n) is 20.7. The molecule has 61 heavy (non-hydrogen) atoms. The van der Waals surface area contributed by atoms with Gasteiger partial charge in [-0.05, 0) is 78.4 Å². The number of thiophene rings is 1. The van der Waals surface area contributed by atoms with Crippen LogP contribution in [0.25, 0.3) is 32.2 Å². The van der Waals surface area contributed by atoms with E-state index in [2.05, 4.69) is 26.2 Å². The Morgan fingerprint density at radius 2 is 1.69 bits per heavy atom. The first-order valence-corrected chi connectivity index (χ1v) is 21.5. The highest BCUT2D eigenvalue weighted by Crippen LogP contribution is 2.50. The molecule has 5 aliphatic rings. The van der Waals surface area contributed by atoms with Gasteiger partial charge in [0.1, 0.15) is 33.6 Å². The van der Waals surface area contributed by atoms with Gasteiger partial charge in [-0.2, -0.15) is 15.2 Å². The summed E-state index contributed by atoms with van der Waals surface area (Å²) >= 11 is 0.840. The fourth-order valence-corrected chi connectivity index (χ4v) is 10.1. The molecule has 3 saturated heterocycles. The summed E-state index contributed by atoms with van der Waals surface area (Å²) in [5.41, 5.74) is -0.548. The van der Waals surface area contributed by atoms with E-state index in [1.165, 1.54) is 0 Å². The third kappa shape index (κ3) is 7.78. The van der Waals surface area contributed by atoms with E-state index in [1.807, 2.05) is 20.8 Å². The number of hydrogen-bond donors (Lipinski definition) is 1. The minimum absolute atomic E-state index is 0.00698. The molecule has 1 aliphatic carbocycles. The summed E-state index contributed by atoms with van der Waals surface area (Å²) in [6, 6.07) is 1.81. The summed E-state index contributed by atoms with van der Waals surface area (Å²) in [4.78, 5) is 46.7. The summed E-state index contributed by atoms with van der Waals surface area (Å²) in [7, 11) is 1.72. The van der Waals surface area contributed by atoms with Crippen molar-refractivity contribution in [2.75, 3.05) is 56.7 Å². The third-order valence-electron chi connectivity index (χ3n) is 12.0. The maximum atomic E-state index is 17.9. The number of anilines is 2. The van der Waals surface area contributed by atoms with Gasteiger partial charge in [0.25, 0.3) is 0 Å². The van der Waals surface area contributed by atoms with Crippen molar-refractivity contribution in [1.82, 2.24) is 24.8 Å². The molecule has 2 unspecified atom stereocenters. The Morgan fingerprint density at radius 3 is 2.33 bits per heavy atom. The lowest BCUT2D eigenvalue weighted by molar-refractivity contribution is -0.0410. The molecule has 15 nitrogen and oxygen atoms in total. The number of halogens is 2. The monoisotopic (exact) mass is 860 g/mol. The number of piperazine rings is 1. The highest BCUT2D eigenvalue weighted by Gasteiger charge is 2.48. The second-order valence-corrected chi connectivity index (χ2v) is 19.9. The SMILES string of the molecule is COC1CN(CC2(COc3nc(N4C5CCC4CN(C(=O)OC(C)(C)C)C5)c4c5c(c(-c6ncc(F)c7sc(NC(=O)OC(C)(C)C)c(C#N)c67)c(F)c4n3)COC5)CC2)C1. The second-order valence-electron chi connectivity index (χ2n) is 18.9. The van der Waals surface area contributed by atoms with E-state index in [4.69, 9.17) is 33.7 Å². The van der Waals surface area contributed by atoms with E-state index in [0.29, 0.717) is 42.0 Å². The van der Waals surface area contributed by atoms with Gasteiger partial charge in [0.15, 0.2) is 11.6 Å². The molecular formula is C43H50F2N8O7S. The fraction of sp³-hybridized carbons (Fsp3) is 0.581. The molecule has 3 aromatic heterocycles. The molecule has 4 aliphatic heterocycles. The molecule has 2 bridgehead atoms. The summed E-state index contributed by atoms with van der Waals surface area (Å²) in [5, 5.41) is 13.6. The number of nitrogens with zero attached hydrogens (tertiary/aromatic N) is 7. The van der Waals surface area contributed by atoms with Crippen LogP contribution in [-0.2, 0) is 32.2 Å². The van der Waals surface area contributed by atoms with Gasteiger partial charge in [-0.1, -0.05) is 0 Å². The predicted molar refractivity (Wildman–Crippen MR) is 223 cm³/mol. The largest absolute Gasteiger partial charge is 0.463 e. The zero-order chi connectivity index (χ0) is 43.2. The number of hydrogen-bond acceptors (Lipinski definition) is 14. The number of rotatable bonds is 9. The van der Waals surface area contributed by atoms with Gasteiger partial charge in [0, 0.05) is 68.3 Å². The van der Waals surface area contributed by atoms with Gasteiger partial charge in [-0.25, -0.2) is 18.4 Å². The predicted octanol–water partition coefficient (Wildman–Crippen LogP) is 7.51. The van der Waals surface area contributed by atoms with E-state index in [9.17, 15) is 14.9 Å². The second kappa shape index (κ2) is 15.1. The molecule has 9 rings (SSSR count). The average Bonchev–Trinajstić information content (AvgIpc) is 3.44. The summed E-state index contributed by atoms with van der Waals surface area (Å²) in [6.45, 7) is 14.4. The van der Waals surface area contributed by atoms with Gasteiger partial charge >= 0.3 is 18.2 Å². The number of nitriles is 1. The molecule has 324 valence electrons. The molecule has 7 heterocycles. The van der Waals surface area contributed by atoms with Crippen molar-refractivity contribution >= 4 is 55.3 Å². The van der Waals surface area contributed by atoms with Gasteiger partial charge in [-0.3, -0.25) is 15.2 Å². The number of likely N-dealkylation sites (tertiary alicyclic amines) is 2. The number of nitrogens with one attached hydrogen (secondary N) is 1. The standard InChI is InChI=1S/C43H50F2N8O7S/c1-41(2,3)59-39(54)50-37-25(12-46)30-33(47-13-28(44)35(30)61-37)29-26-18-57-19-27(26)31-34(32(29)45)48-38(58-21-43(10-11-43)20-51-16-24(17-51)56-7)49-36(31)53-22-8-9-23(53)15-52(14-22)40(55)60-42(4,5)6/h13,22-24H,8-11,14-21H2,1-7H3,(H,50,54). The topological polar surface area (TPSA) is 165 Å². The average molecular weight is 861 g/mol. The van der Waals surface area contributed by atoms with Crippen molar-refractivity contribution in [3.05, 3.63) is 34.5 Å². The zero-order valence-electron chi connectivity index (χ0n) is 35.4. The van der Waals surface area contributed by atoms with Crippen molar-refractivity contribution in [1.29, 1.82) is 5.26 Å². The molecule has 1 aromatic carbocycles. The van der Waals surface area contributed by atoms with Gasteiger partial charge in [0.05, 0.1) is 53.5 Å². The van der Waals surface area contributed by atoms with Crippen LogP contribution in [0, 0.1) is 28.4 Å². The van der Waals surface area contributed by atoms with Crippen molar-refractivity contribution in [2.24, 2.45) is 5.41 Å². The maximum absolute atomic E-state index is 17.9. The van der Waals surface area contributed by atoms with Crippen molar-refractivity contribution in [3.8, 4) is 23.3 Å². The summed E-state index contributed by atoms with van der Waals surface area (Å²) < 4.78 is 62.7. The number of methoxy groups -OCH3 is 1. The van der Waals surface area contributed by atoms with Crippen LogP contribution < -0.4 is 15.0 Å². The number of carbonyl (C=O) groups is 2. The Bertz CT molecular complexity index is 2470. The first-order chi connectivity index (χ1) is 28.9. The number of fused-ring (bicyclic) bond motifs is 6. The Hall–Kier alpha value is -4.96. The van der Waals surface area contributed by atoms with Crippen LogP contribution in [0.4, 0.5) is 29.2 Å². The van der Waals surface area contributed by atoms with Gasteiger partial charge in [0.2, 0.25) is 0 Å². The molecule has 1 N–H and O–H groups in total. The van der Waals surface area contributed by atoms with Crippen LogP contribution in [-0.4, -0.2) is 113 Å². The van der Waals surface area contributed by atoms with Crippen LogP contribution in [0.15, 0.2) is 6.20 Å². The van der Waals surface area contributed by atoms with Crippen molar-refractivity contribution < 1.29 is 42.1 Å². The quantitative estimate of drug-likeness (QED) is 0.176. The number of pyridine rings is 1. The van der Waals surface area contributed by atoms with E-state index in [0.717, 1.165) is 62.9 Å².